The molecule has 0 fully saturated rings. The summed E-state index contributed by atoms with van der Waals surface area (Å²) in [4.78, 5) is 4.26. The van der Waals surface area contributed by atoms with Gasteiger partial charge in [0.2, 0.25) is 5.89 Å². The average Bonchev–Trinajstić information content (AvgIpc) is 2.32. The zero-order valence-electron chi connectivity index (χ0n) is 8.66. The molecule has 0 spiro atoms. The third-order valence-electron chi connectivity index (χ3n) is 1.61. The molecule has 13 heavy (non-hydrogen) atoms. The molecule has 4 nitrogen and oxygen atoms in total. The van der Waals surface area contributed by atoms with Crippen LogP contribution in [-0.4, -0.2) is 16.2 Å². The highest BCUT2D eigenvalue weighted by molar-refractivity contribution is 4.98. The van der Waals surface area contributed by atoms with E-state index in [-0.39, 0.29) is 11.5 Å². The minimum Gasteiger partial charge on any atom is -0.339 e. The van der Waals surface area contributed by atoms with Crippen molar-refractivity contribution in [2.45, 2.75) is 45.6 Å². The van der Waals surface area contributed by atoms with Gasteiger partial charge in [-0.15, -0.1) is 0 Å². The first-order valence-electron chi connectivity index (χ1n) is 4.48. The van der Waals surface area contributed by atoms with Gasteiger partial charge in [-0.25, -0.2) is 0 Å². The Kier molecular flexibility index (Phi) is 2.71. The minimum absolute atomic E-state index is 0.0745. The molecule has 0 aliphatic rings. The van der Waals surface area contributed by atoms with E-state index in [9.17, 15) is 0 Å². The van der Waals surface area contributed by atoms with Gasteiger partial charge < -0.3 is 10.3 Å². The highest BCUT2D eigenvalue weighted by Gasteiger charge is 2.21. The van der Waals surface area contributed by atoms with Crippen molar-refractivity contribution in [3.05, 3.63) is 11.7 Å². The van der Waals surface area contributed by atoms with Crippen LogP contribution in [0.3, 0.4) is 0 Å². The van der Waals surface area contributed by atoms with E-state index in [1.165, 1.54) is 0 Å². The zero-order valence-corrected chi connectivity index (χ0v) is 8.66. The standard InChI is InChI=1S/C9H17N3O/c1-6(10)5-7-11-8(13-12-7)9(2,3)4/h6H,5,10H2,1-4H3. The van der Waals surface area contributed by atoms with Crippen molar-refractivity contribution in [1.82, 2.24) is 10.1 Å². The number of nitrogens with two attached hydrogens (primary N) is 1. The summed E-state index contributed by atoms with van der Waals surface area (Å²) in [5.41, 5.74) is 5.54. The predicted molar refractivity (Wildman–Crippen MR) is 50.4 cm³/mol. The summed E-state index contributed by atoms with van der Waals surface area (Å²) in [6.45, 7) is 8.04. The van der Waals surface area contributed by atoms with E-state index in [4.69, 9.17) is 10.3 Å². The Morgan fingerprint density at radius 1 is 1.46 bits per heavy atom. The van der Waals surface area contributed by atoms with Crippen LogP contribution < -0.4 is 5.73 Å². The van der Waals surface area contributed by atoms with Crippen LogP contribution in [0.4, 0.5) is 0 Å². The highest BCUT2D eigenvalue weighted by atomic mass is 16.5. The van der Waals surface area contributed by atoms with E-state index in [1.807, 2.05) is 27.7 Å². The molecule has 0 aromatic carbocycles. The normalized spacial score (nSPS) is 14.5. The first kappa shape index (κ1) is 10.2. The topological polar surface area (TPSA) is 64.9 Å². The quantitative estimate of drug-likeness (QED) is 0.749. The van der Waals surface area contributed by atoms with Gasteiger partial charge in [0.1, 0.15) is 0 Å². The summed E-state index contributed by atoms with van der Waals surface area (Å²) in [6, 6.07) is 0.0745. The Morgan fingerprint density at radius 3 is 2.46 bits per heavy atom. The van der Waals surface area contributed by atoms with Gasteiger partial charge in [-0.05, 0) is 6.92 Å². The molecule has 0 saturated heterocycles. The summed E-state index contributed by atoms with van der Waals surface area (Å²) in [5, 5.41) is 3.86. The lowest BCUT2D eigenvalue weighted by molar-refractivity contribution is 0.318. The first-order chi connectivity index (χ1) is 5.89. The summed E-state index contributed by atoms with van der Waals surface area (Å²) in [7, 11) is 0. The van der Waals surface area contributed by atoms with Gasteiger partial charge in [0.15, 0.2) is 5.82 Å². The van der Waals surface area contributed by atoms with Crippen molar-refractivity contribution in [1.29, 1.82) is 0 Å². The Hall–Kier alpha value is -0.900. The molecule has 1 aromatic heterocycles. The lowest BCUT2D eigenvalue weighted by Crippen LogP contribution is -2.19. The highest BCUT2D eigenvalue weighted by Crippen LogP contribution is 2.19. The summed E-state index contributed by atoms with van der Waals surface area (Å²) >= 11 is 0. The molecule has 1 atom stereocenters. The van der Waals surface area contributed by atoms with Gasteiger partial charge in [-0.2, -0.15) is 4.98 Å². The first-order valence-corrected chi connectivity index (χ1v) is 4.48. The van der Waals surface area contributed by atoms with Crippen molar-refractivity contribution >= 4 is 0 Å². The SMILES string of the molecule is CC(N)Cc1noc(C(C)(C)C)n1. The van der Waals surface area contributed by atoms with Crippen LogP contribution in [0.2, 0.25) is 0 Å². The molecule has 0 saturated carbocycles. The Labute approximate surface area is 78.5 Å². The second-order valence-electron chi connectivity index (χ2n) is 4.45. The van der Waals surface area contributed by atoms with E-state index in [0.717, 1.165) is 0 Å². The number of aromatic nitrogens is 2. The maximum absolute atomic E-state index is 5.62. The van der Waals surface area contributed by atoms with Crippen LogP contribution >= 0.6 is 0 Å². The molecule has 1 unspecified atom stereocenters. The fourth-order valence-electron chi connectivity index (χ4n) is 0.929. The van der Waals surface area contributed by atoms with E-state index < -0.39 is 0 Å². The zero-order chi connectivity index (χ0) is 10.1. The van der Waals surface area contributed by atoms with Crippen LogP contribution in [0.5, 0.6) is 0 Å². The predicted octanol–water partition coefficient (Wildman–Crippen LogP) is 1.26. The van der Waals surface area contributed by atoms with E-state index >= 15 is 0 Å². The smallest absolute Gasteiger partial charge is 0.232 e. The van der Waals surface area contributed by atoms with Crippen molar-refractivity contribution < 1.29 is 4.52 Å². The number of nitrogens with zero attached hydrogens (tertiary/aromatic N) is 2. The fourth-order valence-corrected chi connectivity index (χ4v) is 0.929. The van der Waals surface area contributed by atoms with E-state index in [0.29, 0.717) is 18.1 Å². The maximum Gasteiger partial charge on any atom is 0.232 e. The molecular formula is C9H17N3O. The minimum atomic E-state index is -0.0803. The average molecular weight is 183 g/mol. The van der Waals surface area contributed by atoms with Crippen molar-refractivity contribution in [2.24, 2.45) is 5.73 Å². The largest absolute Gasteiger partial charge is 0.339 e. The van der Waals surface area contributed by atoms with Crippen molar-refractivity contribution in [3.8, 4) is 0 Å². The second kappa shape index (κ2) is 3.46. The van der Waals surface area contributed by atoms with Crippen LogP contribution in [0, 0.1) is 0 Å². The Balaban J connectivity index is 2.75. The van der Waals surface area contributed by atoms with Gasteiger partial charge in [-0.1, -0.05) is 25.9 Å². The Morgan fingerprint density at radius 2 is 2.08 bits per heavy atom. The molecule has 0 amide bonds. The number of hydrogen-bond acceptors (Lipinski definition) is 4. The van der Waals surface area contributed by atoms with Gasteiger partial charge in [-0.3, -0.25) is 0 Å². The fraction of sp³-hybridized carbons (Fsp3) is 0.778. The molecular weight excluding hydrogens is 166 g/mol. The molecule has 0 aliphatic heterocycles. The molecule has 1 rings (SSSR count). The summed E-state index contributed by atoms with van der Waals surface area (Å²) in [5.74, 6) is 1.36. The van der Waals surface area contributed by atoms with Crippen LogP contribution in [-0.2, 0) is 11.8 Å². The molecule has 1 aromatic rings. The molecule has 4 heteroatoms. The van der Waals surface area contributed by atoms with Crippen LogP contribution in [0.25, 0.3) is 0 Å². The second-order valence-corrected chi connectivity index (χ2v) is 4.45. The molecule has 74 valence electrons. The lowest BCUT2D eigenvalue weighted by atomic mass is 9.97. The molecule has 0 radical (unpaired) electrons. The molecule has 0 aliphatic carbocycles. The summed E-state index contributed by atoms with van der Waals surface area (Å²) in [6.07, 6.45) is 0.666. The van der Waals surface area contributed by atoms with Crippen molar-refractivity contribution in [2.75, 3.05) is 0 Å². The monoisotopic (exact) mass is 183 g/mol. The van der Waals surface area contributed by atoms with E-state index in [1.54, 1.807) is 0 Å². The van der Waals surface area contributed by atoms with Gasteiger partial charge in [0.25, 0.3) is 0 Å². The Bertz CT molecular complexity index is 273. The number of hydrogen-bond donors (Lipinski definition) is 1. The van der Waals surface area contributed by atoms with Gasteiger partial charge >= 0.3 is 0 Å². The van der Waals surface area contributed by atoms with Gasteiger partial charge in [0.05, 0.1) is 0 Å². The molecule has 0 bridgehead atoms. The molecule has 1 heterocycles. The van der Waals surface area contributed by atoms with Crippen LogP contribution in [0.1, 0.15) is 39.4 Å². The maximum atomic E-state index is 5.62. The lowest BCUT2D eigenvalue weighted by Gasteiger charge is -2.10. The molecule has 2 N–H and O–H groups in total. The summed E-state index contributed by atoms with van der Waals surface area (Å²) < 4.78 is 5.11. The third-order valence-corrected chi connectivity index (χ3v) is 1.61. The van der Waals surface area contributed by atoms with Crippen molar-refractivity contribution in [3.63, 3.8) is 0 Å². The third kappa shape index (κ3) is 2.81. The van der Waals surface area contributed by atoms with Gasteiger partial charge in [0, 0.05) is 17.9 Å². The number of rotatable bonds is 2. The van der Waals surface area contributed by atoms with Crippen LogP contribution in [0.15, 0.2) is 4.52 Å². The van der Waals surface area contributed by atoms with E-state index in [2.05, 4.69) is 10.1 Å².